The van der Waals surface area contributed by atoms with Gasteiger partial charge in [-0.15, -0.1) is 10.2 Å². The molecule has 24 heavy (non-hydrogen) atoms. The number of hydrogen-bond donors (Lipinski definition) is 2. The third-order valence-corrected chi connectivity index (χ3v) is 3.36. The van der Waals surface area contributed by atoms with Gasteiger partial charge < -0.3 is 0 Å². The number of rotatable bonds is 4. The van der Waals surface area contributed by atoms with E-state index in [4.69, 9.17) is 11.6 Å². The van der Waals surface area contributed by atoms with Gasteiger partial charge >= 0.3 is 0 Å². The van der Waals surface area contributed by atoms with Crippen LogP contribution in [0.4, 0.5) is 11.5 Å². The van der Waals surface area contributed by atoms with Crippen molar-refractivity contribution in [1.29, 1.82) is 0 Å². The summed E-state index contributed by atoms with van der Waals surface area (Å²) in [6.45, 7) is 1.90. The van der Waals surface area contributed by atoms with Gasteiger partial charge in [-0.05, 0) is 31.2 Å². The highest BCUT2D eigenvalue weighted by atomic mass is 35.5. The van der Waals surface area contributed by atoms with Crippen molar-refractivity contribution in [1.82, 2.24) is 10.2 Å². The number of anilines is 1. The van der Waals surface area contributed by atoms with E-state index in [0.717, 1.165) is 16.9 Å². The number of azo groups is 1. The zero-order chi connectivity index (χ0) is 16.8. The smallest absolute Gasteiger partial charge is 0.201 e. The lowest BCUT2D eigenvalue weighted by Gasteiger charge is -2.03. The Morgan fingerprint density at radius 2 is 1.83 bits per heavy atom. The first-order chi connectivity index (χ1) is 11.7. The van der Waals surface area contributed by atoms with Crippen LogP contribution in [0.5, 0.6) is 0 Å². The molecular formula is C17H15ClN6. The van der Waals surface area contributed by atoms with E-state index >= 15 is 0 Å². The van der Waals surface area contributed by atoms with Gasteiger partial charge in [-0.3, -0.25) is 10.5 Å². The van der Waals surface area contributed by atoms with E-state index < -0.39 is 0 Å². The van der Waals surface area contributed by atoms with Crippen LogP contribution in [0.15, 0.2) is 76.0 Å². The number of hydrazone groups is 1. The molecule has 0 spiro atoms. The second-order valence-electron chi connectivity index (χ2n) is 5.03. The van der Waals surface area contributed by atoms with E-state index in [1.54, 1.807) is 18.2 Å². The lowest BCUT2D eigenvalue weighted by Crippen LogP contribution is -2.01. The highest BCUT2D eigenvalue weighted by Crippen LogP contribution is 2.15. The molecule has 120 valence electrons. The van der Waals surface area contributed by atoms with Gasteiger partial charge in [-0.1, -0.05) is 41.9 Å². The van der Waals surface area contributed by atoms with Gasteiger partial charge in [0.05, 0.1) is 5.69 Å². The van der Waals surface area contributed by atoms with Crippen LogP contribution in [0.25, 0.3) is 0 Å². The SMILES string of the molecule is Cc1cc(N=N/C(=N/Nc2ccc(Cl)cc2)c2ccccc2)n[nH]1. The highest BCUT2D eigenvalue weighted by Gasteiger charge is 2.03. The fourth-order valence-corrected chi connectivity index (χ4v) is 2.05. The molecule has 1 aromatic heterocycles. The summed E-state index contributed by atoms with van der Waals surface area (Å²) in [7, 11) is 0. The van der Waals surface area contributed by atoms with Crippen molar-refractivity contribution in [3.63, 3.8) is 0 Å². The number of aromatic amines is 1. The molecule has 0 unspecified atom stereocenters. The maximum absolute atomic E-state index is 5.88. The Balaban J connectivity index is 1.85. The van der Waals surface area contributed by atoms with Gasteiger partial charge in [-0.2, -0.15) is 10.2 Å². The Morgan fingerprint density at radius 1 is 1.08 bits per heavy atom. The Bertz CT molecular complexity index is 852. The Hall–Kier alpha value is -2.99. The minimum absolute atomic E-state index is 0.450. The fourth-order valence-electron chi connectivity index (χ4n) is 1.93. The largest absolute Gasteiger partial charge is 0.281 e. The molecule has 3 aromatic rings. The van der Waals surface area contributed by atoms with E-state index in [9.17, 15) is 0 Å². The fraction of sp³-hybridized carbons (Fsp3) is 0.0588. The van der Waals surface area contributed by atoms with Crippen LogP contribution in [-0.4, -0.2) is 16.0 Å². The second kappa shape index (κ2) is 7.52. The average Bonchev–Trinajstić information content (AvgIpc) is 3.03. The van der Waals surface area contributed by atoms with Gasteiger partial charge in [-0.25, -0.2) is 0 Å². The molecule has 7 heteroatoms. The van der Waals surface area contributed by atoms with Crippen molar-refractivity contribution in [2.24, 2.45) is 15.3 Å². The zero-order valence-electron chi connectivity index (χ0n) is 12.9. The maximum atomic E-state index is 5.88. The summed E-state index contributed by atoms with van der Waals surface area (Å²) >= 11 is 5.88. The number of hydrogen-bond acceptors (Lipinski definition) is 4. The van der Waals surface area contributed by atoms with Gasteiger partial charge in [0.25, 0.3) is 0 Å². The summed E-state index contributed by atoms with van der Waals surface area (Å²) in [6.07, 6.45) is 0. The highest BCUT2D eigenvalue weighted by molar-refractivity contribution is 6.30. The lowest BCUT2D eigenvalue weighted by atomic mass is 10.2. The number of H-pyrrole nitrogens is 1. The number of halogens is 1. The van der Waals surface area contributed by atoms with Gasteiger partial charge in [0.1, 0.15) is 0 Å². The number of nitrogens with one attached hydrogen (secondary N) is 2. The summed E-state index contributed by atoms with van der Waals surface area (Å²) < 4.78 is 0. The van der Waals surface area contributed by atoms with Crippen LogP contribution in [0.2, 0.25) is 5.02 Å². The van der Waals surface area contributed by atoms with Crippen molar-refractivity contribution in [2.75, 3.05) is 5.43 Å². The van der Waals surface area contributed by atoms with Crippen molar-refractivity contribution in [3.05, 3.63) is 76.9 Å². The molecule has 2 N–H and O–H groups in total. The number of nitrogens with zero attached hydrogens (tertiary/aromatic N) is 4. The molecule has 0 amide bonds. The van der Waals surface area contributed by atoms with Crippen LogP contribution in [0.1, 0.15) is 11.3 Å². The van der Waals surface area contributed by atoms with Crippen molar-refractivity contribution in [2.45, 2.75) is 6.92 Å². The molecule has 0 fully saturated rings. The molecule has 3 rings (SSSR count). The van der Waals surface area contributed by atoms with E-state index in [1.165, 1.54) is 0 Å². The first-order valence-electron chi connectivity index (χ1n) is 7.29. The number of amidine groups is 1. The lowest BCUT2D eigenvalue weighted by molar-refractivity contribution is 1.03. The standard InChI is InChI=1S/C17H15ClN6/c1-12-11-16(21-19-12)22-24-17(13-5-3-2-4-6-13)23-20-15-9-7-14(18)8-10-15/h2-11,20H,1H3,(H,19,21)/b23-17+,24-22?. The third kappa shape index (κ3) is 4.27. The molecule has 0 aliphatic rings. The molecule has 0 atom stereocenters. The van der Waals surface area contributed by atoms with Gasteiger partial charge in [0.2, 0.25) is 5.84 Å². The average molecular weight is 339 g/mol. The van der Waals surface area contributed by atoms with Crippen LogP contribution in [0.3, 0.4) is 0 Å². The monoisotopic (exact) mass is 338 g/mol. The summed E-state index contributed by atoms with van der Waals surface area (Å²) in [5, 5.41) is 20.2. The molecular weight excluding hydrogens is 324 g/mol. The molecule has 0 bridgehead atoms. The Kier molecular flexibility index (Phi) is 4.98. The molecule has 0 radical (unpaired) electrons. The number of aromatic nitrogens is 2. The summed E-state index contributed by atoms with van der Waals surface area (Å²) in [4.78, 5) is 0. The summed E-state index contributed by atoms with van der Waals surface area (Å²) in [5.74, 6) is 0.953. The molecule has 0 saturated carbocycles. The number of aryl methyl sites for hydroxylation is 1. The third-order valence-electron chi connectivity index (χ3n) is 3.11. The van der Waals surface area contributed by atoms with E-state index in [-0.39, 0.29) is 0 Å². The van der Waals surface area contributed by atoms with Crippen LogP contribution >= 0.6 is 11.6 Å². The Morgan fingerprint density at radius 3 is 2.50 bits per heavy atom. The number of benzene rings is 2. The minimum Gasteiger partial charge on any atom is -0.281 e. The Labute approximate surface area is 144 Å². The van der Waals surface area contributed by atoms with Crippen LogP contribution in [-0.2, 0) is 0 Å². The second-order valence-corrected chi connectivity index (χ2v) is 5.47. The molecule has 6 nitrogen and oxygen atoms in total. The zero-order valence-corrected chi connectivity index (χ0v) is 13.7. The molecule has 1 heterocycles. The van der Waals surface area contributed by atoms with E-state index in [2.05, 4.69) is 31.0 Å². The quantitative estimate of drug-likeness (QED) is 0.306. The molecule has 0 saturated heterocycles. The normalized spacial score (nSPS) is 11.8. The van der Waals surface area contributed by atoms with Crippen molar-refractivity contribution in [3.8, 4) is 0 Å². The van der Waals surface area contributed by atoms with Crippen molar-refractivity contribution < 1.29 is 0 Å². The summed E-state index contributed by atoms with van der Waals surface area (Å²) in [5.41, 5.74) is 5.52. The minimum atomic E-state index is 0.450. The van der Waals surface area contributed by atoms with Crippen LogP contribution in [0, 0.1) is 6.92 Å². The first kappa shape index (κ1) is 15.9. The van der Waals surface area contributed by atoms with Crippen molar-refractivity contribution >= 4 is 28.9 Å². The predicted molar refractivity (Wildman–Crippen MR) is 95.9 cm³/mol. The molecule has 0 aliphatic carbocycles. The van der Waals surface area contributed by atoms with Gasteiger partial charge in [0, 0.05) is 22.3 Å². The van der Waals surface area contributed by atoms with Crippen LogP contribution < -0.4 is 5.43 Å². The molecule has 2 aromatic carbocycles. The van der Waals surface area contributed by atoms with E-state index in [1.807, 2.05) is 49.4 Å². The summed E-state index contributed by atoms with van der Waals surface area (Å²) in [6, 6.07) is 18.6. The maximum Gasteiger partial charge on any atom is 0.201 e. The van der Waals surface area contributed by atoms with Gasteiger partial charge in [0.15, 0.2) is 5.82 Å². The predicted octanol–water partition coefficient (Wildman–Crippen LogP) is 4.93. The topological polar surface area (TPSA) is 77.8 Å². The molecule has 0 aliphatic heterocycles. The first-order valence-corrected chi connectivity index (χ1v) is 7.67. The van der Waals surface area contributed by atoms with E-state index in [0.29, 0.717) is 16.7 Å².